The first-order valence-electron chi connectivity index (χ1n) is 9.79. The van der Waals surface area contributed by atoms with Crippen molar-refractivity contribution in [3.63, 3.8) is 0 Å². The average molecular weight is 484 g/mol. The number of benzene rings is 2. The molecule has 1 aliphatic rings. The van der Waals surface area contributed by atoms with E-state index in [1.807, 2.05) is 13.0 Å². The fourth-order valence-electron chi connectivity index (χ4n) is 3.00. The van der Waals surface area contributed by atoms with Crippen LogP contribution in [0.5, 0.6) is 0 Å². The summed E-state index contributed by atoms with van der Waals surface area (Å²) in [5, 5.41) is 43.7. The molecule has 1 heterocycles. The topological polar surface area (TPSA) is 146 Å². The number of aliphatic hydroxyl groups is 4. The molecule has 2 aromatic rings. The summed E-state index contributed by atoms with van der Waals surface area (Å²) >= 11 is 0.838. The van der Waals surface area contributed by atoms with Crippen molar-refractivity contribution in [3.8, 4) is 0 Å². The van der Waals surface area contributed by atoms with Crippen molar-refractivity contribution in [2.45, 2.75) is 48.1 Å². The summed E-state index contributed by atoms with van der Waals surface area (Å²) in [6.45, 7) is 1.25. The number of rotatable bonds is 7. The summed E-state index contributed by atoms with van der Waals surface area (Å²) in [6, 6.07) is 15.1. The molecule has 0 unspecified atom stereocenters. The molecule has 174 valence electrons. The van der Waals surface area contributed by atoms with Crippen molar-refractivity contribution >= 4 is 26.9 Å². The summed E-state index contributed by atoms with van der Waals surface area (Å²) in [4.78, 5) is -0.0660. The summed E-state index contributed by atoms with van der Waals surface area (Å²) < 4.78 is 35.5. The van der Waals surface area contributed by atoms with Gasteiger partial charge in [-0.1, -0.05) is 64.9 Å². The Balaban J connectivity index is 1.84. The Labute approximate surface area is 190 Å². The maximum Gasteiger partial charge on any atom is 0.358 e. The van der Waals surface area contributed by atoms with Gasteiger partial charge in [0, 0.05) is 6.42 Å². The standard InChI is InChI=1S/C21H25NO8S2/c1-13-7-9-15(10-8-13)32(27,28)30-22-17(11-14-5-3-2-4-6-14)31-21-20(26)19(25)18(24)16(12-23)29-21/h2-10,16,18-21,23-26H,11-12H2,1H3/b22-17+/t16-,18+,19+,20-,21+/m1/s1. The van der Waals surface area contributed by atoms with Gasteiger partial charge in [-0.3, -0.25) is 4.28 Å². The van der Waals surface area contributed by atoms with Crippen LogP contribution in [0.25, 0.3) is 0 Å². The van der Waals surface area contributed by atoms with E-state index in [2.05, 4.69) is 5.16 Å². The normalized spacial score (nSPS) is 26.7. The molecule has 5 atom stereocenters. The molecule has 0 bridgehead atoms. The predicted molar refractivity (Wildman–Crippen MR) is 118 cm³/mol. The third kappa shape index (κ3) is 6.07. The minimum Gasteiger partial charge on any atom is -0.394 e. The van der Waals surface area contributed by atoms with Crippen LogP contribution in [0.3, 0.4) is 0 Å². The number of hydrogen-bond donors (Lipinski definition) is 4. The highest BCUT2D eigenvalue weighted by Gasteiger charge is 2.44. The molecule has 11 heteroatoms. The minimum absolute atomic E-state index is 0.0660. The molecular formula is C21H25NO8S2. The highest BCUT2D eigenvalue weighted by atomic mass is 32.2. The van der Waals surface area contributed by atoms with Gasteiger partial charge in [-0.25, -0.2) is 0 Å². The van der Waals surface area contributed by atoms with Gasteiger partial charge in [0.2, 0.25) is 0 Å². The smallest absolute Gasteiger partial charge is 0.358 e. The molecule has 0 spiro atoms. The summed E-state index contributed by atoms with van der Waals surface area (Å²) in [5.41, 5.74) is 0.550. The molecule has 0 saturated carbocycles. The van der Waals surface area contributed by atoms with E-state index in [1.54, 1.807) is 36.4 Å². The van der Waals surface area contributed by atoms with Gasteiger partial charge < -0.3 is 25.2 Å². The lowest BCUT2D eigenvalue weighted by Crippen LogP contribution is -2.57. The number of aliphatic hydroxyl groups excluding tert-OH is 4. The lowest BCUT2D eigenvalue weighted by Gasteiger charge is -2.39. The lowest BCUT2D eigenvalue weighted by molar-refractivity contribution is -0.205. The van der Waals surface area contributed by atoms with Gasteiger partial charge in [0.15, 0.2) is 0 Å². The van der Waals surface area contributed by atoms with Crippen LogP contribution < -0.4 is 0 Å². The van der Waals surface area contributed by atoms with Crippen LogP contribution in [0, 0.1) is 6.92 Å². The molecule has 4 N–H and O–H groups in total. The molecular weight excluding hydrogens is 458 g/mol. The van der Waals surface area contributed by atoms with E-state index >= 15 is 0 Å². The Morgan fingerprint density at radius 2 is 1.69 bits per heavy atom. The van der Waals surface area contributed by atoms with E-state index < -0.39 is 46.6 Å². The van der Waals surface area contributed by atoms with Crippen LogP contribution in [-0.4, -0.2) is 70.3 Å². The highest BCUT2D eigenvalue weighted by Crippen LogP contribution is 2.30. The number of ether oxygens (including phenoxy) is 1. The predicted octanol–water partition coefficient (Wildman–Crippen LogP) is 0.790. The molecule has 0 radical (unpaired) electrons. The molecule has 2 aromatic carbocycles. The van der Waals surface area contributed by atoms with Gasteiger partial charge in [0.25, 0.3) is 0 Å². The fourth-order valence-corrected chi connectivity index (χ4v) is 4.89. The molecule has 1 saturated heterocycles. The van der Waals surface area contributed by atoms with Crippen molar-refractivity contribution in [1.82, 2.24) is 0 Å². The first kappa shape index (κ1) is 24.6. The average Bonchev–Trinajstić information content (AvgIpc) is 2.78. The zero-order chi connectivity index (χ0) is 23.3. The van der Waals surface area contributed by atoms with E-state index in [4.69, 9.17) is 9.02 Å². The lowest BCUT2D eigenvalue weighted by atomic mass is 10.0. The third-order valence-electron chi connectivity index (χ3n) is 4.85. The Bertz CT molecular complexity index is 1010. The highest BCUT2D eigenvalue weighted by molar-refractivity contribution is 8.14. The van der Waals surface area contributed by atoms with E-state index in [0.717, 1.165) is 22.9 Å². The van der Waals surface area contributed by atoms with Crippen molar-refractivity contribution in [1.29, 1.82) is 0 Å². The van der Waals surface area contributed by atoms with E-state index in [9.17, 15) is 28.8 Å². The third-order valence-corrected chi connectivity index (χ3v) is 7.08. The minimum atomic E-state index is -4.19. The fraction of sp³-hybridized carbons (Fsp3) is 0.381. The van der Waals surface area contributed by atoms with Crippen LogP contribution in [0.15, 0.2) is 64.6 Å². The quantitative estimate of drug-likeness (QED) is 0.255. The van der Waals surface area contributed by atoms with Crippen molar-refractivity contribution in [3.05, 3.63) is 65.7 Å². The monoisotopic (exact) mass is 483 g/mol. The van der Waals surface area contributed by atoms with Gasteiger partial charge in [-0.2, -0.15) is 8.42 Å². The van der Waals surface area contributed by atoms with Crippen LogP contribution >= 0.6 is 11.8 Å². The van der Waals surface area contributed by atoms with Crippen molar-refractivity contribution < 1.29 is 37.9 Å². The van der Waals surface area contributed by atoms with Crippen LogP contribution in [0.2, 0.25) is 0 Å². The number of hydrogen-bond acceptors (Lipinski definition) is 10. The van der Waals surface area contributed by atoms with E-state index in [-0.39, 0.29) is 16.4 Å². The molecule has 1 aliphatic heterocycles. The molecule has 0 amide bonds. The Kier molecular flexibility index (Phi) is 8.28. The Morgan fingerprint density at radius 3 is 2.31 bits per heavy atom. The largest absolute Gasteiger partial charge is 0.394 e. The summed E-state index contributed by atoms with van der Waals surface area (Å²) in [7, 11) is -4.19. The molecule has 3 rings (SSSR count). The van der Waals surface area contributed by atoms with E-state index in [0.29, 0.717) is 0 Å². The zero-order valence-corrected chi connectivity index (χ0v) is 18.8. The molecule has 9 nitrogen and oxygen atoms in total. The van der Waals surface area contributed by atoms with Gasteiger partial charge >= 0.3 is 10.1 Å². The van der Waals surface area contributed by atoms with Gasteiger partial charge in [0.1, 0.15) is 39.8 Å². The summed E-state index contributed by atoms with van der Waals surface area (Å²) in [5.74, 6) is 0. The number of aryl methyl sites for hydroxylation is 1. The van der Waals surface area contributed by atoms with Gasteiger partial charge in [0.05, 0.1) is 6.61 Å². The second-order valence-corrected chi connectivity index (χ2v) is 10.0. The maximum absolute atomic E-state index is 12.5. The van der Waals surface area contributed by atoms with Crippen LogP contribution in [0.4, 0.5) is 0 Å². The van der Waals surface area contributed by atoms with Crippen molar-refractivity contribution in [2.75, 3.05) is 6.61 Å². The molecule has 32 heavy (non-hydrogen) atoms. The first-order valence-corrected chi connectivity index (χ1v) is 12.1. The number of thioether (sulfide) groups is 1. The second-order valence-electron chi connectivity index (χ2n) is 7.30. The zero-order valence-electron chi connectivity index (χ0n) is 17.2. The maximum atomic E-state index is 12.5. The first-order chi connectivity index (χ1) is 15.2. The van der Waals surface area contributed by atoms with Crippen molar-refractivity contribution in [2.24, 2.45) is 5.16 Å². The molecule has 0 aromatic heterocycles. The second kappa shape index (κ2) is 10.8. The number of oxime groups is 1. The molecule has 0 aliphatic carbocycles. The van der Waals surface area contributed by atoms with Gasteiger partial charge in [-0.15, -0.1) is 0 Å². The molecule has 1 fully saturated rings. The number of nitrogens with zero attached hydrogens (tertiary/aromatic N) is 1. The Hall–Kier alpha value is -1.99. The van der Waals surface area contributed by atoms with Gasteiger partial charge in [-0.05, 0) is 24.6 Å². The van der Waals surface area contributed by atoms with Crippen LogP contribution in [0.1, 0.15) is 11.1 Å². The van der Waals surface area contributed by atoms with E-state index in [1.165, 1.54) is 12.1 Å². The SMILES string of the molecule is Cc1ccc(S(=O)(=O)O/N=C(\Cc2ccccc2)S[C@@H]2O[C@H](CO)[C@H](O)[C@H](O)[C@H]2O)cc1. The van der Waals surface area contributed by atoms with Crippen LogP contribution in [-0.2, 0) is 25.6 Å². The Morgan fingerprint density at radius 1 is 1.03 bits per heavy atom. The summed E-state index contributed by atoms with van der Waals surface area (Å²) in [6.07, 6.45) is -5.51.